The van der Waals surface area contributed by atoms with Crippen LogP contribution in [-0.4, -0.2) is 6.04 Å². The van der Waals surface area contributed by atoms with Crippen molar-refractivity contribution in [1.29, 1.82) is 0 Å². The monoisotopic (exact) mass is 207 g/mol. The van der Waals surface area contributed by atoms with Gasteiger partial charge < -0.3 is 5.73 Å². The van der Waals surface area contributed by atoms with Crippen molar-refractivity contribution >= 4 is 0 Å². The lowest BCUT2D eigenvalue weighted by Crippen LogP contribution is -2.59. The Bertz CT molecular complexity index is 276. The van der Waals surface area contributed by atoms with E-state index in [1.165, 1.54) is 38.5 Å². The molecule has 4 aliphatic rings. The molecule has 4 aliphatic carbocycles. The Balaban J connectivity index is 2.02. The summed E-state index contributed by atoms with van der Waals surface area (Å²) < 4.78 is 0. The van der Waals surface area contributed by atoms with Gasteiger partial charge in [-0.1, -0.05) is 13.8 Å². The first-order valence-electron chi connectivity index (χ1n) is 6.61. The van der Waals surface area contributed by atoms with Gasteiger partial charge in [-0.15, -0.1) is 0 Å². The van der Waals surface area contributed by atoms with Gasteiger partial charge >= 0.3 is 0 Å². The Morgan fingerprint density at radius 2 is 1.53 bits per heavy atom. The second kappa shape index (κ2) is 2.61. The summed E-state index contributed by atoms with van der Waals surface area (Å²) in [4.78, 5) is 0. The van der Waals surface area contributed by atoms with E-state index in [9.17, 15) is 0 Å². The lowest BCUT2D eigenvalue weighted by atomic mass is 9.39. The van der Waals surface area contributed by atoms with Crippen molar-refractivity contribution < 1.29 is 0 Å². The molecule has 0 radical (unpaired) electrons. The molecule has 4 fully saturated rings. The predicted molar refractivity (Wildman–Crippen MR) is 63.5 cm³/mol. The van der Waals surface area contributed by atoms with E-state index in [0.717, 1.165) is 5.92 Å². The Kier molecular flexibility index (Phi) is 1.77. The largest absolute Gasteiger partial charge is 0.327 e. The first-order valence-corrected chi connectivity index (χ1v) is 6.61. The molecule has 4 rings (SSSR count). The fourth-order valence-electron chi connectivity index (χ4n) is 6.04. The van der Waals surface area contributed by atoms with Gasteiger partial charge in [0.25, 0.3) is 0 Å². The van der Waals surface area contributed by atoms with Crippen molar-refractivity contribution in [3.8, 4) is 0 Å². The summed E-state index contributed by atoms with van der Waals surface area (Å²) in [5.74, 6) is 0.988. The first kappa shape index (κ1) is 10.1. The number of hydrogen-bond donors (Lipinski definition) is 1. The van der Waals surface area contributed by atoms with Crippen LogP contribution in [0.4, 0.5) is 0 Å². The minimum atomic E-state index is 0.402. The molecule has 0 heterocycles. The topological polar surface area (TPSA) is 26.0 Å². The summed E-state index contributed by atoms with van der Waals surface area (Å²) in [6.07, 6.45) is 8.67. The molecular weight excluding hydrogens is 182 g/mol. The van der Waals surface area contributed by atoms with Crippen LogP contribution in [0.1, 0.15) is 59.3 Å². The van der Waals surface area contributed by atoms with Gasteiger partial charge in [0.05, 0.1) is 0 Å². The third-order valence-corrected chi connectivity index (χ3v) is 5.64. The fourth-order valence-corrected chi connectivity index (χ4v) is 6.04. The van der Waals surface area contributed by atoms with Crippen LogP contribution in [0.5, 0.6) is 0 Å². The maximum atomic E-state index is 6.31. The van der Waals surface area contributed by atoms with E-state index in [4.69, 9.17) is 5.73 Å². The van der Waals surface area contributed by atoms with E-state index in [1.54, 1.807) is 0 Å². The molecule has 0 aromatic carbocycles. The zero-order chi connectivity index (χ0) is 10.9. The molecule has 86 valence electrons. The van der Waals surface area contributed by atoms with E-state index in [-0.39, 0.29) is 0 Å². The SMILES string of the molecule is C[C@H](N)C12CC3C[C@@](C)(C1)C[C@](C)(C3)C2. The molecule has 2 unspecified atom stereocenters. The van der Waals surface area contributed by atoms with Crippen molar-refractivity contribution in [3.05, 3.63) is 0 Å². The molecule has 15 heavy (non-hydrogen) atoms. The summed E-state index contributed by atoms with van der Waals surface area (Å²) in [5, 5.41) is 0. The zero-order valence-corrected chi connectivity index (χ0v) is 10.5. The van der Waals surface area contributed by atoms with Crippen LogP contribution in [-0.2, 0) is 0 Å². The molecule has 2 N–H and O–H groups in total. The van der Waals surface area contributed by atoms with Crippen LogP contribution in [0.25, 0.3) is 0 Å². The third-order valence-electron chi connectivity index (χ3n) is 5.64. The van der Waals surface area contributed by atoms with Gasteiger partial charge in [-0.3, -0.25) is 0 Å². The molecule has 5 atom stereocenters. The highest BCUT2D eigenvalue weighted by atomic mass is 14.7. The Morgan fingerprint density at radius 1 is 1.00 bits per heavy atom. The van der Waals surface area contributed by atoms with Gasteiger partial charge in [0.1, 0.15) is 0 Å². The van der Waals surface area contributed by atoms with Crippen LogP contribution in [0.15, 0.2) is 0 Å². The highest BCUT2D eigenvalue weighted by molar-refractivity contribution is 5.12. The van der Waals surface area contributed by atoms with Crippen LogP contribution in [0.3, 0.4) is 0 Å². The fraction of sp³-hybridized carbons (Fsp3) is 1.00. The lowest BCUT2D eigenvalue weighted by Gasteiger charge is -2.66. The number of nitrogens with two attached hydrogens (primary N) is 1. The zero-order valence-electron chi connectivity index (χ0n) is 10.5. The van der Waals surface area contributed by atoms with Gasteiger partial charge in [0, 0.05) is 6.04 Å². The Hall–Kier alpha value is -0.0400. The molecule has 0 aliphatic heterocycles. The average Bonchev–Trinajstić information content (AvgIpc) is 1.95. The maximum absolute atomic E-state index is 6.31. The van der Waals surface area contributed by atoms with Crippen molar-refractivity contribution in [1.82, 2.24) is 0 Å². The van der Waals surface area contributed by atoms with E-state index in [1.807, 2.05) is 0 Å². The van der Waals surface area contributed by atoms with Crippen LogP contribution in [0, 0.1) is 22.2 Å². The molecule has 4 bridgehead atoms. The molecule has 0 amide bonds. The van der Waals surface area contributed by atoms with Crippen molar-refractivity contribution in [3.63, 3.8) is 0 Å². The second-order valence-corrected chi connectivity index (χ2v) is 7.78. The van der Waals surface area contributed by atoms with Gasteiger partial charge in [-0.2, -0.15) is 0 Å². The lowest BCUT2D eigenvalue weighted by molar-refractivity contribution is -0.151. The number of hydrogen-bond acceptors (Lipinski definition) is 1. The molecule has 4 saturated carbocycles. The standard InChI is InChI=1S/C14H25N/c1-10(15)14-6-11-4-12(2,8-14)7-13(3,5-11)9-14/h10-11H,4-9,15H2,1-3H3/t10-,11?,12-,13+,14?/m0/s1. The highest BCUT2D eigenvalue weighted by Gasteiger charge is 2.60. The first-order chi connectivity index (χ1) is 6.85. The van der Waals surface area contributed by atoms with Gasteiger partial charge in [-0.05, 0) is 67.6 Å². The molecule has 1 heteroatoms. The third kappa shape index (κ3) is 1.32. The van der Waals surface area contributed by atoms with Crippen molar-refractivity contribution in [2.75, 3.05) is 0 Å². The van der Waals surface area contributed by atoms with Crippen molar-refractivity contribution in [2.24, 2.45) is 27.9 Å². The summed E-state index contributed by atoms with van der Waals surface area (Å²) in [6, 6.07) is 0.402. The van der Waals surface area contributed by atoms with Crippen molar-refractivity contribution in [2.45, 2.75) is 65.3 Å². The maximum Gasteiger partial charge on any atom is 0.00675 e. The van der Waals surface area contributed by atoms with Crippen LogP contribution < -0.4 is 5.73 Å². The van der Waals surface area contributed by atoms with Gasteiger partial charge in [0.15, 0.2) is 0 Å². The minimum absolute atomic E-state index is 0.402. The van der Waals surface area contributed by atoms with Gasteiger partial charge in [0.2, 0.25) is 0 Å². The summed E-state index contributed by atoms with van der Waals surface area (Å²) >= 11 is 0. The summed E-state index contributed by atoms with van der Waals surface area (Å²) in [5.41, 5.74) is 8.07. The molecule has 0 saturated heterocycles. The Labute approximate surface area is 93.8 Å². The smallest absolute Gasteiger partial charge is 0.00675 e. The van der Waals surface area contributed by atoms with E-state index < -0.39 is 0 Å². The quantitative estimate of drug-likeness (QED) is 0.701. The second-order valence-electron chi connectivity index (χ2n) is 7.78. The minimum Gasteiger partial charge on any atom is -0.327 e. The number of rotatable bonds is 1. The molecule has 0 aromatic heterocycles. The molecular formula is C14H25N. The molecule has 1 nitrogen and oxygen atoms in total. The van der Waals surface area contributed by atoms with Crippen LogP contribution >= 0.6 is 0 Å². The predicted octanol–water partition coefficient (Wildman–Crippen LogP) is 3.33. The molecule has 0 aromatic rings. The summed E-state index contributed by atoms with van der Waals surface area (Å²) in [6.45, 7) is 7.29. The van der Waals surface area contributed by atoms with Crippen LogP contribution in [0.2, 0.25) is 0 Å². The van der Waals surface area contributed by atoms with Gasteiger partial charge in [-0.25, -0.2) is 0 Å². The summed E-state index contributed by atoms with van der Waals surface area (Å²) in [7, 11) is 0. The average molecular weight is 207 g/mol. The van der Waals surface area contributed by atoms with E-state index in [2.05, 4.69) is 20.8 Å². The highest BCUT2D eigenvalue weighted by Crippen LogP contribution is 2.70. The van der Waals surface area contributed by atoms with E-state index in [0.29, 0.717) is 22.3 Å². The normalized spacial score (nSPS) is 59.6. The Morgan fingerprint density at radius 3 is 1.93 bits per heavy atom. The van der Waals surface area contributed by atoms with E-state index >= 15 is 0 Å². The molecule has 0 spiro atoms.